The Morgan fingerprint density at radius 2 is 1.71 bits per heavy atom. The number of amides is 1. The van der Waals surface area contributed by atoms with Gasteiger partial charge in [-0.15, -0.1) is 4.59 Å². The second kappa shape index (κ2) is 8.37. The van der Waals surface area contributed by atoms with Gasteiger partial charge in [0, 0.05) is 22.8 Å². The van der Waals surface area contributed by atoms with Gasteiger partial charge in [-0.3, -0.25) is 9.79 Å². The van der Waals surface area contributed by atoms with E-state index in [4.69, 9.17) is 21.6 Å². The van der Waals surface area contributed by atoms with Gasteiger partial charge in [-0.1, -0.05) is 42.5 Å². The van der Waals surface area contributed by atoms with Crippen LogP contribution in [-0.4, -0.2) is 27.5 Å². The van der Waals surface area contributed by atoms with Crippen LogP contribution in [0.4, 0.5) is 0 Å². The minimum atomic E-state index is -0.207. The molecule has 6 rings (SSSR count). The lowest BCUT2D eigenvalue weighted by Gasteiger charge is -2.28. The quantitative estimate of drug-likeness (QED) is 0.442. The third-order valence-corrected chi connectivity index (χ3v) is 7.36. The fourth-order valence-corrected chi connectivity index (χ4v) is 5.38. The summed E-state index contributed by atoms with van der Waals surface area (Å²) in [5, 5.41) is 1.06. The Morgan fingerprint density at radius 3 is 2.49 bits per heavy atom. The molecule has 0 spiro atoms. The lowest BCUT2D eigenvalue weighted by molar-refractivity contribution is -0.750. The van der Waals surface area contributed by atoms with E-state index in [0.717, 1.165) is 70.6 Å². The molecule has 3 heterocycles. The minimum absolute atomic E-state index is 0.0154. The Balaban J connectivity index is 1.39. The van der Waals surface area contributed by atoms with Crippen molar-refractivity contribution in [1.29, 1.82) is 0 Å². The van der Waals surface area contributed by atoms with E-state index < -0.39 is 0 Å². The van der Waals surface area contributed by atoms with Gasteiger partial charge in [-0.25, -0.2) is 4.98 Å². The maximum absolute atomic E-state index is 11.6. The predicted molar refractivity (Wildman–Crippen MR) is 137 cm³/mol. The number of aliphatic imine (C=N–C) groups is 2. The molecule has 2 aliphatic heterocycles. The number of quaternary nitrogens is 1. The molecular weight excluding hydrogens is 436 g/mol. The number of benzene rings is 2. The summed E-state index contributed by atoms with van der Waals surface area (Å²) in [6.07, 6.45) is 8.69. The van der Waals surface area contributed by atoms with Gasteiger partial charge < -0.3 is 5.73 Å². The molecule has 3 aromatic rings. The SMILES string of the molecule is NC(=O)C1CCC(C2=C3C=NC=C[N+]3(N)C(c3ccc4ccc(-c5ccccc5)nc4c3)=N2)CC1. The standard InChI is InChI=1S/C28H26N6O/c29-27(35)21-9-7-20(8-10-21)26-25-17-31-14-15-34(25,30)28(33-26)22-11-6-19-12-13-23(32-24(19)16-22)18-4-2-1-3-5-18/h1-6,11-17,20-21H,7-10,30H2,(H-,29,35)/p+1. The van der Waals surface area contributed by atoms with Gasteiger partial charge in [-0.2, -0.15) is 10.8 Å². The number of hydrogen-bond donors (Lipinski definition) is 2. The number of aromatic nitrogens is 1. The molecule has 7 heteroatoms. The number of nitrogens with zero attached hydrogens (tertiary/aromatic N) is 4. The molecule has 0 saturated heterocycles. The number of carbonyl (C=O) groups excluding carboxylic acids is 1. The normalized spacial score (nSPS) is 25.6. The number of fused-ring (bicyclic) bond motifs is 2. The monoisotopic (exact) mass is 463 g/mol. The van der Waals surface area contributed by atoms with Gasteiger partial charge in [0.05, 0.1) is 29.2 Å². The van der Waals surface area contributed by atoms with Gasteiger partial charge in [-0.05, 0) is 43.9 Å². The van der Waals surface area contributed by atoms with Crippen molar-refractivity contribution < 1.29 is 9.39 Å². The second-order valence-corrected chi connectivity index (χ2v) is 9.48. The number of rotatable bonds is 4. The average Bonchev–Trinajstić information content (AvgIpc) is 3.21. The van der Waals surface area contributed by atoms with E-state index in [1.165, 1.54) is 0 Å². The first kappa shape index (κ1) is 21.6. The average molecular weight is 464 g/mol. The summed E-state index contributed by atoms with van der Waals surface area (Å²) in [4.78, 5) is 26.0. The van der Waals surface area contributed by atoms with E-state index in [2.05, 4.69) is 41.4 Å². The minimum Gasteiger partial charge on any atom is -0.369 e. The number of hydrogen-bond acceptors (Lipinski definition) is 5. The fraction of sp³-hybridized carbons (Fsp3) is 0.214. The Hall–Kier alpha value is -3.94. The third kappa shape index (κ3) is 3.69. The van der Waals surface area contributed by atoms with Crippen molar-refractivity contribution in [2.45, 2.75) is 25.7 Å². The summed E-state index contributed by atoms with van der Waals surface area (Å²) < 4.78 is -0.0154. The van der Waals surface area contributed by atoms with Crippen LogP contribution in [0.5, 0.6) is 0 Å². The zero-order chi connectivity index (χ0) is 24.0. The first-order chi connectivity index (χ1) is 17.0. The molecule has 1 atom stereocenters. The van der Waals surface area contributed by atoms with Crippen LogP contribution in [0.1, 0.15) is 31.2 Å². The highest BCUT2D eigenvalue weighted by Crippen LogP contribution is 2.41. The van der Waals surface area contributed by atoms with E-state index >= 15 is 0 Å². The summed E-state index contributed by atoms with van der Waals surface area (Å²) in [6, 6.07) is 20.5. The second-order valence-electron chi connectivity index (χ2n) is 9.48. The summed E-state index contributed by atoms with van der Waals surface area (Å²) in [5.41, 5.74) is 11.2. The van der Waals surface area contributed by atoms with E-state index in [0.29, 0.717) is 0 Å². The molecule has 0 bridgehead atoms. The lowest BCUT2D eigenvalue weighted by Crippen LogP contribution is -2.53. The number of primary amides is 1. The molecule has 1 unspecified atom stereocenters. The predicted octanol–water partition coefficient (Wildman–Crippen LogP) is 4.41. The van der Waals surface area contributed by atoms with Crippen molar-refractivity contribution in [2.24, 2.45) is 33.4 Å². The Labute approximate surface area is 203 Å². The molecule has 7 nitrogen and oxygen atoms in total. The summed E-state index contributed by atoms with van der Waals surface area (Å²) in [6.45, 7) is 0. The Morgan fingerprint density at radius 1 is 0.943 bits per heavy atom. The fourth-order valence-electron chi connectivity index (χ4n) is 5.38. The molecule has 1 fully saturated rings. The number of allylic oxidation sites excluding steroid dienone is 2. The van der Waals surface area contributed by atoms with Gasteiger partial charge in [0.25, 0.3) is 5.84 Å². The van der Waals surface area contributed by atoms with Crippen LogP contribution >= 0.6 is 0 Å². The van der Waals surface area contributed by atoms with E-state index in [-0.39, 0.29) is 22.3 Å². The van der Waals surface area contributed by atoms with Crippen LogP contribution in [0.25, 0.3) is 22.2 Å². The first-order valence-corrected chi connectivity index (χ1v) is 12.0. The summed E-state index contributed by atoms with van der Waals surface area (Å²) in [5.74, 6) is 7.67. The van der Waals surface area contributed by atoms with Crippen molar-refractivity contribution in [3.63, 3.8) is 0 Å². The molecule has 1 amide bonds. The summed E-state index contributed by atoms with van der Waals surface area (Å²) >= 11 is 0. The molecule has 174 valence electrons. The lowest BCUT2D eigenvalue weighted by atomic mass is 9.80. The zero-order valence-corrected chi connectivity index (χ0v) is 19.3. The van der Waals surface area contributed by atoms with Crippen LogP contribution in [0.15, 0.2) is 94.4 Å². The molecule has 4 N–H and O–H groups in total. The highest BCUT2D eigenvalue weighted by Gasteiger charge is 2.46. The van der Waals surface area contributed by atoms with Crippen molar-refractivity contribution in [3.8, 4) is 11.3 Å². The van der Waals surface area contributed by atoms with E-state index in [1.54, 1.807) is 6.20 Å². The van der Waals surface area contributed by atoms with Crippen molar-refractivity contribution in [2.75, 3.05) is 0 Å². The van der Waals surface area contributed by atoms with Crippen molar-refractivity contribution in [3.05, 3.63) is 90.0 Å². The number of pyridine rings is 1. The number of amidine groups is 1. The van der Waals surface area contributed by atoms with Crippen LogP contribution < -0.4 is 11.6 Å². The van der Waals surface area contributed by atoms with Crippen molar-refractivity contribution >= 4 is 28.9 Å². The topological polar surface area (TPSA) is 107 Å². The molecule has 3 aliphatic rings. The molecule has 1 aromatic heterocycles. The molecule has 0 radical (unpaired) electrons. The Kier molecular flexibility index (Phi) is 5.16. The highest BCUT2D eigenvalue weighted by atomic mass is 16.1. The molecule has 1 aliphatic carbocycles. The van der Waals surface area contributed by atoms with Gasteiger partial charge in [0.1, 0.15) is 11.9 Å². The highest BCUT2D eigenvalue weighted by molar-refractivity contribution is 6.02. The molecule has 2 aromatic carbocycles. The summed E-state index contributed by atoms with van der Waals surface area (Å²) in [7, 11) is 0. The van der Waals surface area contributed by atoms with Crippen LogP contribution in [-0.2, 0) is 4.79 Å². The number of carbonyl (C=O) groups is 1. The maximum Gasteiger partial charge on any atom is 0.264 e. The largest absolute Gasteiger partial charge is 0.369 e. The Bertz CT molecular complexity index is 1450. The van der Waals surface area contributed by atoms with Gasteiger partial charge in [0.2, 0.25) is 11.6 Å². The van der Waals surface area contributed by atoms with Crippen molar-refractivity contribution in [1.82, 2.24) is 4.98 Å². The van der Waals surface area contributed by atoms with Crippen LogP contribution in [0.2, 0.25) is 0 Å². The smallest absolute Gasteiger partial charge is 0.264 e. The molecule has 35 heavy (non-hydrogen) atoms. The first-order valence-electron chi connectivity index (χ1n) is 12.0. The van der Waals surface area contributed by atoms with Gasteiger partial charge in [0.15, 0.2) is 0 Å². The molecular formula is C28H27N6O+. The maximum atomic E-state index is 11.6. The molecule has 1 saturated carbocycles. The van der Waals surface area contributed by atoms with Gasteiger partial charge >= 0.3 is 0 Å². The zero-order valence-electron chi connectivity index (χ0n) is 19.3. The van der Waals surface area contributed by atoms with E-state index in [1.807, 2.05) is 36.7 Å². The van der Waals surface area contributed by atoms with E-state index in [9.17, 15) is 4.79 Å². The number of nitrogens with two attached hydrogens (primary N) is 2. The third-order valence-electron chi connectivity index (χ3n) is 7.36. The van der Waals surface area contributed by atoms with Crippen LogP contribution in [0.3, 0.4) is 0 Å². The van der Waals surface area contributed by atoms with Crippen LogP contribution in [0, 0.1) is 11.8 Å².